The molecule has 2 aromatic carbocycles. The van der Waals surface area contributed by atoms with Gasteiger partial charge in [0, 0.05) is 11.6 Å². The number of hydrogen-bond acceptors (Lipinski definition) is 5. The molecule has 0 radical (unpaired) electrons. The largest absolute Gasteiger partial charge is 0.466 e. The maximum Gasteiger partial charge on any atom is 0.314 e. The molecule has 0 heterocycles. The lowest BCUT2D eigenvalue weighted by Crippen LogP contribution is -2.10. The Morgan fingerprint density at radius 1 is 1.35 bits per heavy atom. The van der Waals surface area contributed by atoms with Crippen LogP contribution in [0, 0.1) is 29.4 Å². The minimum atomic E-state index is -1.02. The van der Waals surface area contributed by atoms with Crippen LogP contribution in [0.5, 0.6) is 11.5 Å². The van der Waals surface area contributed by atoms with Gasteiger partial charge in [0.1, 0.15) is 5.75 Å². The molecular formula is C18H15FN2O5. The molecule has 134 valence electrons. The van der Waals surface area contributed by atoms with E-state index >= 15 is 0 Å². The van der Waals surface area contributed by atoms with Crippen LogP contribution in [0.15, 0.2) is 30.3 Å². The van der Waals surface area contributed by atoms with Gasteiger partial charge in [-0.25, -0.2) is 9.24 Å². The van der Waals surface area contributed by atoms with Crippen LogP contribution in [0.2, 0.25) is 0 Å². The molecule has 0 saturated carbocycles. The van der Waals surface area contributed by atoms with E-state index < -0.39 is 28.1 Å². The molecule has 0 fully saturated rings. The molecule has 0 unspecified atom stereocenters. The van der Waals surface area contributed by atoms with Crippen molar-refractivity contribution in [3.05, 3.63) is 68.8 Å². The number of carbonyl (C=O) groups is 1. The van der Waals surface area contributed by atoms with E-state index in [4.69, 9.17) is 16.0 Å². The number of rotatable bonds is 6. The Balaban J connectivity index is 2.48. The van der Waals surface area contributed by atoms with Crippen LogP contribution in [-0.2, 0) is 16.0 Å². The molecule has 8 heteroatoms. The third-order valence-electron chi connectivity index (χ3n) is 3.38. The Kier molecular flexibility index (Phi) is 5.86. The predicted octanol–water partition coefficient (Wildman–Crippen LogP) is 4.49. The molecule has 0 amide bonds. The summed E-state index contributed by atoms with van der Waals surface area (Å²) in [6, 6.07) is 6.69. The highest BCUT2D eigenvalue weighted by molar-refractivity contribution is 5.73. The van der Waals surface area contributed by atoms with Gasteiger partial charge in [-0.05, 0) is 32.0 Å². The fraction of sp³-hybridized carbons (Fsp3) is 0.222. The van der Waals surface area contributed by atoms with Crippen molar-refractivity contribution in [3.8, 4) is 11.5 Å². The van der Waals surface area contributed by atoms with Gasteiger partial charge in [0.15, 0.2) is 11.5 Å². The zero-order chi connectivity index (χ0) is 19.3. The highest BCUT2D eigenvalue weighted by atomic mass is 19.1. The number of carbonyl (C=O) groups excluding carboxylic acids is 1. The maximum atomic E-state index is 14.8. The van der Waals surface area contributed by atoms with E-state index in [0.29, 0.717) is 5.56 Å². The lowest BCUT2D eigenvalue weighted by molar-refractivity contribution is -0.385. The molecule has 0 aliphatic carbocycles. The number of esters is 1. The third-order valence-corrected chi connectivity index (χ3v) is 3.38. The van der Waals surface area contributed by atoms with Gasteiger partial charge in [0.05, 0.1) is 24.5 Å². The summed E-state index contributed by atoms with van der Waals surface area (Å²) in [4.78, 5) is 25.3. The Hall–Kier alpha value is -3.47. The first-order valence-electron chi connectivity index (χ1n) is 7.64. The molecule has 0 bridgehead atoms. The number of aryl methyl sites for hydroxylation is 1. The Morgan fingerprint density at radius 3 is 2.69 bits per heavy atom. The Labute approximate surface area is 148 Å². The Bertz CT molecular complexity index is 905. The number of halogens is 1. The van der Waals surface area contributed by atoms with Crippen molar-refractivity contribution in [3.63, 3.8) is 0 Å². The molecule has 0 aliphatic rings. The number of nitro groups is 1. The van der Waals surface area contributed by atoms with Crippen molar-refractivity contribution in [2.24, 2.45) is 0 Å². The minimum Gasteiger partial charge on any atom is -0.466 e. The smallest absolute Gasteiger partial charge is 0.314 e. The van der Waals surface area contributed by atoms with Crippen LogP contribution in [0.25, 0.3) is 4.85 Å². The van der Waals surface area contributed by atoms with Gasteiger partial charge in [-0.2, -0.15) is 0 Å². The lowest BCUT2D eigenvalue weighted by atomic mass is 10.1. The van der Waals surface area contributed by atoms with Gasteiger partial charge in [0.25, 0.3) is 0 Å². The van der Waals surface area contributed by atoms with Crippen molar-refractivity contribution in [2.75, 3.05) is 6.61 Å². The van der Waals surface area contributed by atoms with E-state index in [0.717, 1.165) is 12.1 Å². The quantitative estimate of drug-likeness (QED) is 0.329. The summed E-state index contributed by atoms with van der Waals surface area (Å²) in [7, 11) is 0. The summed E-state index contributed by atoms with van der Waals surface area (Å²) >= 11 is 0. The monoisotopic (exact) mass is 358 g/mol. The lowest BCUT2D eigenvalue weighted by Gasteiger charge is -2.11. The van der Waals surface area contributed by atoms with Crippen LogP contribution < -0.4 is 4.74 Å². The molecule has 0 atom stereocenters. The second kappa shape index (κ2) is 8.07. The van der Waals surface area contributed by atoms with Crippen molar-refractivity contribution in [2.45, 2.75) is 20.3 Å². The zero-order valence-electron chi connectivity index (χ0n) is 14.1. The molecule has 0 N–H and O–H groups in total. The Morgan fingerprint density at radius 2 is 2.08 bits per heavy atom. The minimum absolute atomic E-state index is 0.0814. The van der Waals surface area contributed by atoms with Gasteiger partial charge in [-0.15, -0.1) is 0 Å². The van der Waals surface area contributed by atoms with Crippen molar-refractivity contribution in [1.29, 1.82) is 0 Å². The average Bonchev–Trinajstić information content (AvgIpc) is 2.57. The number of hydrogen-bond donors (Lipinski definition) is 0. The fourth-order valence-electron chi connectivity index (χ4n) is 2.30. The average molecular weight is 358 g/mol. The molecular weight excluding hydrogens is 343 g/mol. The first kappa shape index (κ1) is 18.9. The van der Waals surface area contributed by atoms with E-state index in [1.54, 1.807) is 19.9 Å². The van der Waals surface area contributed by atoms with Gasteiger partial charge in [-0.3, -0.25) is 14.9 Å². The first-order valence-corrected chi connectivity index (χ1v) is 7.64. The topological polar surface area (TPSA) is 83.0 Å². The zero-order valence-corrected chi connectivity index (χ0v) is 14.1. The third kappa shape index (κ3) is 4.33. The molecule has 7 nitrogen and oxygen atoms in total. The summed E-state index contributed by atoms with van der Waals surface area (Å²) in [6.45, 7) is 10.5. The maximum absolute atomic E-state index is 14.8. The molecule has 0 aromatic heterocycles. The van der Waals surface area contributed by atoms with Crippen LogP contribution in [0.3, 0.4) is 0 Å². The van der Waals surface area contributed by atoms with Crippen LogP contribution in [-0.4, -0.2) is 17.5 Å². The standard InChI is InChI=1S/C18H15FN2O5/c1-4-25-16(22)9-12-5-6-15(21(23)24)18(17(12)19)26-14-8-11(2)7-13(10-14)20-3/h5-8,10H,4,9H2,1-2H3. The summed E-state index contributed by atoms with van der Waals surface area (Å²) in [5.74, 6) is -2.19. The SMILES string of the molecule is [C-]#[N+]c1cc(C)cc(Oc2c([N+](=O)[O-])ccc(CC(=O)OCC)c2F)c1. The van der Waals surface area contributed by atoms with Crippen LogP contribution >= 0.6 is 0 Å². The molecule has 0 aliphatic heterocycles. The number of nitrogens with zero attached hydrogens (tertiary/aromatic N) is 2. The summed E-state index contributed by atoms with van der Waals surface area (Å²) in [6.07, 6.45) is -0.380. The van der Waals surface area contributed by atoms with Crippen molar-refractivity contribution in [1.82, 2.24) is 0 Å². The molecule has 2 rings (SSSR count). The van der Waals surface area contributed by atoms with Crippen molar-refractivity contribution >= 4 is 17.3 Å². The summed E-state index contributed by atoms with van der Waals surface area (Å²) < 4.78 is 24.9. The predicted molar refractivity (Wildman–Crippen MR) is 90.9 cm³/mol. The highest BCUT2D eigenvalue weighted by Crippen LogP contribution is 2.37. The van der Waals surface area contributed by atoms with Gasteiger partial charge in [0.2, 0.25) is 5.75 Å². The summed E-state index contributed by atoms with van der Waals surface area (Å²) in [5.41, 5.74) is 0.271. The molecule has 0 spiro atoms. The van der Waals surface area contributed by atoms with E-state index in [2.05, 4.69) is 4.85 Å². The van der Waals surface area contributed by atoms with Crippen LogP contribution in [0.4, 0.5) is 15.8 Å². The number of benzene rings is 2. The van der Waals surface area contributed by atoms with E-state index in [9.17, 15) is 19.3 Å². The van der Waals surface area contributed by atoms with Crippen molar-refractivity contribution < 1.29 is 23.6 Å². The van der Waals surface area contributed by atoms with Gasteiger partial charge >= 0.3 is 11.7 Å². The normalized spacial score (nSPS) is 10.1. The second-order valence-electron chi connectivity index (χ2n) is 5.34. The first-order chi connectivity index (χ1) is 12.3. The molecule has 26 heavy (non-hydrogen) atoms. The molecule has 0 saturated heterocycles. The van der Waals surface area contributed by atoms with Crippen LogP contribution in [0.1, 0.15) is 18.1 Å². The second-order valence-corrected chi connectivity index (χ2v) is 5.34. The van der Waals surface area contributed by atoms with Gasteiger partial charge < -0.3 is 9.47 Å². The number of ether oxygens (including phenoxy) is 2. The molecule has 2 aromatic rings. The summed E-state index contributed by atoms with van der Waals surface area (Å²) in [5, 5.41) is 11.2. The highest BCUT2D eigenvalue weighted by Gasteiger charge is 2.25. The van der Waals surface area contributed by atoms with Gasteiger partial charge in [-0.1, -0.05) is 11.6 Å². The number of nitro benzene ring substituents is 1. The van der Waals surface area contributed by atoms with E-state index in [1.165, 1.54) is 12.1 Å². The van der Waals surface area contributed by atoms with E-state index in [1.807, 2.05) is 0 Å². The van der Waals surface area contributed by atoms with E-state index in [-0.39, 0.29) is 30.0 Å². The fourth-order valence-corrected chi connectivity index (χ4v) is 2.30.